The van der Waals surface area contributed by atoms with E-state index in [4.69, 9.17) is 18.9 Å². The van der Waals surface area contributed by atoms with Gasteiger partial charge in [-0.1, -0.05) is 51.7 Å². The van der Waals surface area contributed by atoms with Crippen molar-refractivity contribution in [1.29, 1.82) is 0 Å². The highest BCUT2D eigenvalue weighted by Crippen LogP contribution is 2.10. The second-order valence-corrected chi connectivity index (χ2v) is 8.08. The maximum atomic E-state index is 12.1. The van der Waals surface area contributed by atoms with Gasteiger partial charge in [-0.15, -0.1) is 0 Å². The minimum atomic E-state index is -0.479. The fourth-order valence-electron chi connectivity index (χ4n) is 2.82. The molecule has 33 heavy (non-hydrogen) atoms. The Morgan fingerprint density at radius 1 is 0.818 bits per heavy atom. The monoisotopic (exact) mass is 466 g/mol. The first-order chi connectivity index (χ1) is 16.0. The molecule has 0 aliphatic carbocycles. The molecule has 1 atom stereocenters. The number of allylic oxidation sites excluding steroid dienone is 4. The zero-order valence-corrected chi connectivity index (χ0v) is 21.1. The molecule has 0 saturated carbocycles. The molecule has 0 spiro atoms. The van der Waals surface area contributed by atoms with Crippen molar-refractivity contribution in [2.24, 2.45) is 5.92 Å². The van der Waals surface area contributed by atoms with Crippen molar-refractivity contribution in [2.75, 3.05) is 26.4 Å². The number of ether oxygens (including phenoxy) is 4. The molecule has 1 unspecified atom stereocenters. The third kappa shape index (κ3) is 21.7. The zero-order chi connectivity index (χ0) is 24.6. The van der Waals surface area contributed by atoms with E-state index in [0.29, 0.717) is 19.6 Å². The van der Waals surface area contributed by atoms with Crippen molar-refractivity contribution in [3.63, 3.8) is 0 Å². The quantitative estimate of drug-likeness (QED) is 0.0612. The molecule has 0 fully saturated rings. The van der Waals surface area contributed by atoms with E-state index in [1.807, 2.05) is 6.92 Å². The van der Waals surface area contributed by atoms with Crippen molar-refractivity contribution in [3.05, 3.63) is 37.0 Å². The molecule has 0 aromatic heterocycles. The molecule has 6 heteroatoms. The van der Waals surface area contributed by atoms with Crippen LogP contribution in [0, 0.1) is 5.92 Å². The third-order valence-electron chi connectivity index (χ3n) is 4.73. The van der Waals surface area contributed by atoms with Crippen molar-refractivity contribution in [1.82, 2.24) is 0 Å². The standard InChI is InChI=1S/C27H46O6/c1-5-8-10-12-14-16-20-30-27(31-21-17-15-13-11-9-6-2)19-18-26(29)33-23-24(4)22-32-25(28)7-3/h7-11,24,27H,3,5-6,12-23H2,1-2,4H3/b10-8-,11-9-. The molecule has 0 N–H and O–H groups in total. The van der Waals surface area contributed by atoms with Gasteiger partial charge in [0.25, 0.3) is 0 Å². The highest BCUT2D eigenvalue weighted by atomic mass is 16.7. The number of esters is 2. The number of hydrogen-bond acceptors (Lipinski definition) is 6. The molecule has 0 amide bonds. The van der Waals surface area contributed by atoms with Gasteiger partial charge in [0, 0.05) is 31.6 Å². The molecule has 0 aromatic carbocycles. The van der Waals surface area contributed by atoms with Crippen molar-refractivity contribution in [3.8, 4) is 0 Å². The second-order valence-electron chi connectivity index (χ2n) is 8.08. The molecule has 190 valence electrons. The first-order valence-corrected chi connectivity index (χ1v) is 12.5. The van der Waals surface area contributed by atoms with E-state index in [-0.39, 0.29) is 31.5 Å². The summed E-state index contributed by atoms with van der Waals surface area (Å²) in [6.07, 6.45) is 18.5. The Morgan fingerprint density at radius 3 is 1.88 bits per heavy atom. The normalized spacial score (nSPS) is 12.5. The van der Waals surface area contributed by atoms with Gasteiger partial charge in [0.1, 0.15) is 0 Å². The fourth-order valence-corrected chi connectivity index (χ4v) is 2.82. The predicted octanol–water partition coefficient (Wildman–Crippen LogP) is 6.31. The summed E-state index contributed by atoms with van der Waals surface area (Å²) >= 11 is 0. The summed E-state index contributed by atoms with van der Waals surface area (Å²) in [6.45, 7) is 11.1. The lowest BCUT2D eigenvalue weighted by molar-refractivity contribution is -0.160. The van der Waals surface area contributed by atoms with Gasteiger partial charge < -0.3 is 18.9 Å². The van der Waals surface area contributed by atoms with Crippen LogP contribution in [0.3, 0.4) is 0 Å². The SMILES string of the molecule is C=CC(=O)OCC(C)COC(=O)CCC(OCCCC/C=C\CC)OCCCC/C=C\CC. The Bertz CT molecular complexity index is 531. The first-order valence-electron chi connectivity index (χ1n) is 12.5. The molecule has 0 aliphatic heterocycles. The lowest BCUT2D eigenvalue weighted by Crippen LogP contribution is -2.22. The molecule has 6 nitrogen and oxygen atoms in total. The third-order valence-corrected chi connectivity index (χ3v) is 4.73. The predicted molar refractivity (Wildman–Crippen MR) is 133 cm³/mol. The molecule has 0 aliphatic rings. The van der Waals surface area contributed by atoms with Crippen LogP contribution in [-0.4, -0.2) is 44.7 Å². The first kappa shape index (κ1) is 31.1. The van der Waals surface area contributed by atoms with Crippen LogP contribution in [0.1, 0.15) is 85.0 Å². The summed E-state index contributed by atoms with van der Waals surface area (Å²) in [4.78, 5) is 23.2. The van der Waals surface area contributed by atoms with Crippen LogP contribution >= 0.6 is 0 Å². The number of carbonyl (C=O) groups is 2. The van der Waals surface area contributed by atoms with E-state index in [9.17, 15) is 9.59 Å². The van der Waals surface area contributed by atoms with Crippen LogP contribution in [-0.2, 0) is 28.5 Å². The van der Waals surface area contributed by atoms with Gasteiger partial charge in [0.2, 0.25) is 0 Å². The van der Waals surface area contributed by atoms with E-state index in [2.05, 4.69) is 44.7 Å². The molecule has 0 rings (SSSR count). The summed E-state index contributed by atoms with van der Waals surface area (Å²) in [7, 11) is 0. The average Bonchev–Trinajstić information content (AvgIpc) is 2.82. The maximum Gasteiger partial charge on any atom is 0.330 e. The smallest absolute Gasteiger partial charge is 0.330 e. The van der Waals surface area contributed by atoms with Crippen LogP contribution in [0.4, 0.5) is 0 Å². The minimum absolute atomic E-state index is 0.0790. The van der Waals surface area contributed by atoms with E-state index >= 15 is 0 Å². The van der Waals surface area contributed by atoms with Gasteiger partial charge in [-0.3, -0.25) is 4.79 Å². The largest absolute Gasteiger partial charge is 0.465 e. The second kappa shape index (κ2) is 23.2. The lowest BCUT2D eigenvalue weighted by atomic mass is 10.2. The molecular weight excluding hydrogens is 420 g/mol. The molecule has 0 heterocycles. The Hall–Kier alpha value is -1.92. The number of rotatable bonds is 22. The van der Waals surface area contributed by atoms with Gasteiger partial charge in [-0.25, -0.2) is 4.79 Å². The average molecular weight is 467 g/mol. The Balaban J connectivity index is 4.24. The number of unbranched alkanes of at least 4 members (excludes halogenated alkanes) is 4. The number of hydrogen-bond donors (Lipinski definition) is 0. The van der Waals surface area contributed by atoms with Gasteiger partial charge in [-0.2, -0.15) is 0 Å². The molecule has 0 saturated heterocycles. The van der Waals surface area contributed by atoms with Crippen LogP contribution < -0.4 is 0 Å². The van der Waals surface area contributed by atoms with Crippen LogP contribution in [0.2, 0.25) is 0 Å². The summed E-state index contributed by atoms with van der Waals surface area (Å²) < 4.78 is 22.1. The highest BCUT2D eigenvalue weighted by Gasteiger charge is 2.15. The molecule has 0 aromatic rings. The maximum absolute atomic E-state index is 12.1. The van der Waals surface area contributed by atoms with E-state index in [1.165, 1.54) is 0 Å². The van der Waals surface area contributed by atoms with Gasteiger partial charge in [-0.05, 0) is 51.4 Å². The number of carbonyl (C=O) groups excluding carboxylic acids is 2. The van der Waals surface area contributed by atoms with E-state index < -0.39 is 12.3 Å². The van der Waals surface area contributed by atoms with E-state index in [0.717, 1.165) is 57.4 Å². The Morgan fingerprint density at radius 2 is 1.36 bits per heavy atom. The van der Waals surface area contributed by atoms with Gasteiger partial charge >= 0.3 is 11.9 Å². The van der Waals surface area contributed by atoms with Crippen molar-refractivity contribution in [2.45, 2.75) is 91.3 Å². The summed E-state index contributed by atoms with van der Waals surface area (Å²) in [5.74, 6) is -0.860. The molecule has 0 bridgehead atoms. The van der Waals surface area contributed by atoms with Crippen LogP contribution in [0.25, 0.3) is 0 Å². The van der Waals surface area contributed by atoms with Crippen molar-refractivity contribution < 1.29 is 28.5 Å². The minimum Gasteiger partial charge on any atom is -0.465 e. The van der Waals surface area contributed by atoms with E-state index in [1.54, 1.807) is 0 Å². The van der Waals surface area contributed by atoms with Crippen molar-refractivity contribution >= 4 is 11.9 Å². The fraction of sp³-hybridized carbons (Fsp3) is 0.704. The molecular formula is C27H46O6. The zero-order valence-electron chi connectivity index (χ0n) is 21.1. The summed E-state index contributed by atoms with van der Waals surface area (Å²) in [6, 6.07) is 0. The highest BCUT2D eigenvalue weighted by molar-refractivity contribution is 5.81. The summed E-state index contributed by atoms with van der Waals surface area (Å²) in [5, 5.41) is 0. The Labute approximate surface area is 201 Å². The van der Waals surface area contributed by atoms with Crippen LogP contribution in [0.5, 0.6) is 0 Å². The van der Waals surface area contributed by atoms with Gasteiger partial charge in [0.15, 0.2) is 6.29 Å². The van der Waals surface area contributed by atoms with Gasteiger partial charge in [0.05, 0.1) is 19.6 Å². The lowest BCUT2D eigenvalue weighted by Gasteiger charge is -2.19. The molecule has 0 radical (unpaired) electrons. The summed E-state index contributed by atoms with van der Waals surface area (Å²) in [5.41, 5.74) is 0. The Kier molecular flexibility index (Phi) is 21.9. The van der Waals surface area contributed by atoms with Crippen LogP contribution in [0.15, 0.2) is 37.0 Å². The topological polar surface area (TPSA) is 71.1 Å².